The Labute approximate surface area is 191 Å². The number of hydrogen-bond donors (Lipinski definition) is 1. The van der Waals surface area contributed by atoms with Crippen LogP contribution in [0.1, 0.15) is 27.6 Å². The van der Waals surface area contributed by atoms with Crippen molar-refractivity contribution in [3.8, 4) is 0 Å². The fraction of sp³-hybridized carbons (Fsp3) is 0.348. The third-order valence-electron chi connectivity index (χ3n) is 5.43. The van der Waals surface area contributed by atoms with Crippen LogP contribution in [0.3, 0.4) is 0 Å². The minimum Gasteiger partial charge on any atom is -0.468 e. The first-order valence-corrected chi connectivity index (χ1v) is 12.1. The average Bonchev–Trinajstić information content (AvgIpc) is 3.31. The third kappa shape index (κ3) is 5.31. The number of nitrogens with one attached hydrogen (secondary N) is 1. The summed E-state index contributed by atoms with van der Waals surface area (Å²) in [7, 11) is 1.41. The van der Waals surface area contributed by atoms with Gasteiger partial charge in [-0.15, -0.1) is 11.8 Å². The van der Waals surface area contributed by atoms with Crippen LogP contribution in [-0.2, 0) is 22.5 Å². The van der Waals surface area contributed by atoms with Crippen molar-refractivity contribution in [2.45, 2.75) is 35.2 Å². The number of benzene rings is 1. The Bertz CT molecular complexity index is 1030. The molecule has 8 heteroatoms. The Kier molecular flexibility index (Phi) is 7.32. The summed E-state index contributed by atoms with van der Waals surface area (Å²) in [5.41, 5.74) is 4.66. The van der Waals surface area contributed by atoms with Crippen LogP contribution in [0.4, 0.5) is 0 Å². The van der Waals surface area contributed by atoms with E-state index < -0.39 is 5.25 Å². The molecule has 0 amide bonds. The second kappa shape index (κ2) is 10.3. The molecule has 6 nitrogen and oxygen atoms in total. The van der Waals surface area contributed by atoms with E-state index in [2.05, 4.69) is 44.1 Å². The summed E-state index contributed by atoms with van der Waals surface area (Å²) in [6, 6.07) is 10.7. The van der Waals surface area contributed by atoms with Gasteiger partial charge in [0.25, 0.3) is 0 Å². The molecule has 0 radical (unpaired) electrons. The van der Waals surface area contributed by atoms with Crippen molar-refractivity contribution in [3.63, 3.8) is 0 Å². The number of rotatable bonds is 8. The molecule has 3 heterocycles. The Hall–Kier alpha value is -2.29. The number of carbonyl (C=O) groups is 1. The van der Waals surface area contributed by atoms with Gasteiger partial charge in [0, 0.05) is 48.9 Å². The summed E-state index contributed by atoms with van der Waals surface area (Å²) in [6.07, 6.45) is 6.30. The quantitative estimate of drug-likeness (QED) is 0.403. The summed E-state index contributed by atoms with van der Waals surface area (Å²) in [4.78, 5) is 27.9. The smallest absolute Gasteiger partial charge is 0.325 e. The van der Waals surface area contributed by atoms with E-state index in [1.54, 1.807) is 18.6 Å². The van der Waals surface area contributed by atoms with Crippen LogP contribution in [0.2, 0.25) is 0 Å². The van der Waals surface area contributed by atoms with E-state index in [0.717, 1.165) is 48.0 Å². The maximum absolute atomic E-state index is 12.5. The van der Waals surface area contributed by atoms with Crippen LogP contribution >= 0.6 is 23.5 Å². The normalized spacial score (nSPS) is 14.8. The van der Waals surface area contributed by atoms with Crippen molar-refractivity contribution in [2.75, 3.05) is 26.0 Å². The van der Waals surface area contributed by atoms with Crippen molar-refractivity contribution in [3.05, 3.63) is 71.3 Å². The molecule has 1 atom stereocenters. The second-order valence-electron chi connectivity index (χ2n) is 7.38. The molecule has 0 saturated heterocycles. The van der Waals surface area contributed by atoms with Crippen LogP contribution < -0.4 is 0 Å². The zero-order chi connectivity index (χ0) is 21.6. The number of H-pyrrole nitrogens is 1. The van der Waals surface area contributed by atoms with E-state index >= 15 is 0 Å². The number of thioether (sulfide) groups is 2. The molecule has 1 aliphatic rings. The van der Waals surface area contributed by atoms with E-state index in [9.17, 15) is 4.79 Å². The molecule has 0 fully saturated rings. The number of hydrogen-bond acceptors (Lipinski definition) is 7. The number of aromatic amines is 1. The van der Waals surface area contributed by atoms with Gasteiger partial charge in [-0.05, 0) is 36.1 Å². The molecular formula is C23H26N4O2S2. The molecule has 2 aromatic heterocycles. The Morgan fingerprint density at radius 1 is 1.23 bits per heavy atom. The van der Waals surface area contributed by atoms with Crippen molar-refractivity contribution >= 4 is 29.5 Å². The molecule has 1 unspecified atom stereocenters. The van der Waals surface area contributed by atoms with Gasteiger partial charge in [0.05, 0.1) is 12.8 Å². The lowest BCUT2D eigenvalue weighted by atomic mass is 10.0. The minimum atomic E-state index is -0.560. The summed E-state index contributed by atoms with van der Waals surface area (Å²) in [5, 5.41) is 0.107. The fourth-order valence-corrected chi connectivity index (χ4v) is 5.80. The highest BCUT2D eigenvalue weighted by Gasteiger charge is 2.28. The molecule has 0 bridgehead atoms. The van der Waals surface area contributed by atoms with Crippen LogP contribution in [0.15, 0.2) is 59.0 Å². The lowest BCUT2D eigenvalue weighted by Crippen LogP contribution is -2.32. The lowest BCUT2D eigenvalue weighted by molar-refractivity contribution is -0.140. The number of esters is 1. The number of methoxy groups -OCH3 is 1. The number of pyridine rings is 1. The first-order chi connectivity index (χ1) is 15.2. The third-order valence-corrected chi connectivity index (χ3v) is 7.67. The molecule has 0 aliphatic carbocycles. The minimum absolute atomic E-state index is 0.328. The number of aromatic nitrogens is 3. The maximum Gasteiger partial charge on any atom is 0.325 e. The van der Waals surface area contributed by atoms with Gasteiger partial charge < -0.3 is 9.72 Å². The monoisotopic (exact) mass is 454 g/mol. The van der Waals surface area contributed by atoms with E-state index in [1.165, 1.54) is 30.0 Å². The van der Waals surface area contributed by atoms with E-state index in [-0.39, 0.29) is 5.97 Å². The first kappa shape index (κ1) is 21.9. The molecule has 1 N–H and O–H groups in total. The lowest BCUT2D eigenvalue weighted by Gasteiger charge is -2.28. The maximum atomic E-state index is 12.5. The predicted octanol–water partition coefficient (Wildman–Crippen LogP) is 4.27. The zero-order valence-corrected chi connectivity index (χ0v) is 19.3. The topological polar surface area (TPSA) is 71.1 Å². The molecule has 0 spiro atoms. The highest BCUT2D eigenvalue weighted by molar-refractivity contribution is 8.00. The van der Waals surface area contributed by atoms with Crippen molar-refractivity contribution in [2.24, 2.45) is 0 Å². The van der Waals surface area contributed by atoms with Gasteiger partial charge in [-0.3, -0.25) is 14.7 Å². The summed E-state index contributed by atoms with van der Waals surface area (Å²) in [5.74, 6) is 0.659. The number of fused-ring (bicyclic) bond motifs is 1. The number of nitrogens with zero attached hydrogens (tertiary/aromatic N) is 3. The van der Waals surface area contributed by atoms with Crippen LogP contribution in [0.25, 0.3) is 0 Å². The number of carbonyl (C=O) groups excluding carboxylic acids is 1. The highest BCUT2D eigenvalue weighted by Crippen LogP contribution is 2.37. The van der Waals surface area contributed by atoms with Crippen LogP contribution in [0, 0.1) is 6.92 Å². The predicted molar refractivity (Wildman–Crippen MR) is 124 cm³/mol. The molecule has 1 aliphatic heterocycles. The second-order valence-corrected chi connectivity index (χ2v) is 9.61. The van der Waals surface area contributed by atoms with E-state index in [0.29, 0.717) is 5.16 Å². The van der Waals surface area contributed by atoms with Crippen molar-refractivity contribution < 1.29 is 9.53 Å². The summed E-state index contributed by atoms with van der Waals surface area (Å²) >= 11 is 3.14. The van der Waals surface area contributed by atoms with E-state index in [4.69, 9.17) is 4.74 Å². The van der Waals surface area contributed by atoms with Crippen LogP contribution in [-0.4, -0.2) is 51.8 Å². The molecule has 0 saturated carbocycles. The molecular weight excluding hydrogens is 428 g/mol. The zero-order valence-electron chi connectivity index (χ0n) is 17.7. The van der Waals surface area contributed by atoms with Gasteiger partial charge in [0.15, 0.2) is 10.4 Å². The largest absolute Gasteiger partial charge is 0.468 e. The Balaban J connectivity index is 1.41. The van der Waals surface area contributed by atoms with Crippen LogP contribution in [0.5, 0.6) is 0 Å². The van der Waals surface area contributed by atoms with Crippen molar-refractivity contribution in [1.29, 1.82) is 0 Å². The SMILES string of the molecule is COC(=O)C(Sc1ncc[nH]1)c1nccc(SCCN2CCc3ccccc3C2)c1C. The molecule has 1 aromatic carbocycles. The van der Waals surface area contributed by atoms with Gasteiger partial charge in [-0.1, -0.05) is 36.0 Å². The molecule has 4 rings (SSSR count). The molecule has 162 valence electrons. The Morgan fingerprint density at radius 2 is 2.06 bits per heavy atom. The Morgan fingerprint density at radius 3 is 2.84 bits per heavy atom. The molecule has 31 heavy (non-hydrogen) atoms. The standard InChI is InChI=1S/C23H26N4O2S2/c1-16-19(30-14-13-27-12-8-17-5-3-4-6-18(17)15-27)7-9-24-20(16)21(22(28)29-2)31-23-25-10-11-26-23/h3-7,9-11,21H,8,12-15H2,1-2H3,(H,25,26). The van der Waals surface area contributed by atoms with Gasteiger partial charge in [-0.2, -0.15) is 0 Å². The number of ether oxygens (including phenoxy) is 1. The number of imidazole rings is 1. The highest BCUT2D eigenvalue weighted by atomic mass is 32.2. The van der Waals surface area contributed by atoms with Crippen molar-refractivity contribution in [1.82, 2.24) is 19.9 Å². The van der Waals surface area contributed by atoms with Gasteiger partial charge >= 0.3 is 5.97 Å². The van der Waals surface area contributed by atoms with E-state index in [1.807, 2.05) is 24.8 Å². The molecule has 3 aromatic rings. The summed E-state index contributed by atoms with van der Waals surface area (Å²) in [6.45, 7) is 5.17. The van der Waals surface area contributed by atoms with Gasteiger partial charge in [-0.25, -0.2) is 4.98 Å². The van der Waals surface area contributed by atoms with Gasteiger partial charge in [0.1, 0.15) is 0 Å². The fourth-order valence-electron chi connectivity index (χ4n) is 3.73. The average molecular weight is 455 g/mol. The summed E-state index contributed by atoms with van der Waals surface area (Å²) < 4.78 is 5.04. The first-order valence-electron chi connectivity index (χ1n) is 10.3. The van der Waals surface area contributed by atoms with Gasteiger partial charge in [0.2, 0.25) is 0 Å².